The van der Waals surface area contributed by atoms with Crippen LogP contribution in [0.2, 0.25) is 0 Å². The van der Waals surface area contributed by atoms with Crippen molar-refractivity contribution in [2.24, 2.45) is 0 Å². The lowest BCUT2D eigenvalue weighted by Crippen LogP contribution is -2.36. The zero-order valence-corrected chi connectivity index (χ0v) is 11.4. The van der Waals surface area contributed by atoms with E-state index in [1.165, 1.54) is 0 Å². The van der Waals surface area contributed by atoms with Crippen LogP contribution in [-0.2, 0) is 19.2 Å². The van der Waals surface area contributed by atoms with E-state index in [2.05, 4.69) is 52.6 Å². The van der Waals surface area contributed by atoms with Crippen molar-refractivity contribution < 1.29 is 19.2 Å². The predicted octanol–water partition coefficient (Wildman–Crippen LogP) is 1.43. The Morgan fingerprint density at radius 3 is 2.00 bits per heavy atom. The second-order valence-corrected chi connectivity index (χ2v) is 9.22. The van der Waals surface area contributed by atoms with Gasteiger partial charge in [-0.25, -0.2) is 4.79 Å². The average molecular weight is 394 g/mol. The molecular weight excluding hydrogens is 390 g/mol. The van der Waals surface area contributed by atoms with Gasteiger partial charge in [0, 0.05) is 12.8 Å². The summed E-state index contributed by atoms with van der Waals surface area (Å²) >= 11 is 8.70. The maximum absolute atomic E-state index is 11.2. The number of nitrogens with zero attached hydrogens (tertiary/aromatic N) is 1. The van der Waals surface area contributed by atoms with Crippen molar-refractivity contribution in [2.45, 2.75) is 15.0 Å². The molecule has 0 N–H and O–H groups in total. The number of amides is 2. The molecule has 0 aromatic rings. The summed E-state index contributed by atoms with van der Waals surface area (Å²) in [6.07, 6.45) is 0.151. The molecule has 1 aliphatic heterocycles. The lowest BCUT2D eigenvalue weighted by molar-refractivity contribution is -0.196. The number of alkyl halides is 3. The zero-order chi connectivity index (χ0) is 10.9. The number of carbonyl (C=O) groups is 3. The lowest BCUT2D eigenvalue weighted by Gasteiger charge is -2.16. The number of hydroxylamine groups is 2. The summed E-state index contributed by atoms with van der Waals surface area (Å²) in [5.41, 5.74) is 0. The van der Waals surface area contributed by atoms with Crippen LogP contribution in [0.1, 0.15) is 12.8 Å². The van der Waals surface area contributed by atoms with Crippen LogP contribution in [0.5, 0.6) is 0 Å². The highest BCUT2D eigenvalue weighted by molar-refractivity contribution is 9.40. The molecule has 8 heteroatoms. The van der Waals surface area contributed by atoms with Crippen LogP contribution in [0.3, 0.4) is 0 Å². The van der Waals surface area contributed by atoms with E-state index in [0.717, 1.165) is 0 Å². The third-order valence-corrected chi connectivity index (χ3v) is 2.38. The van der Waals surface area contributed by atoms with Gasteiger partial charge in [0.25, 0.3) is 11.8 Å². The van der Waals surface area contributed by atoms with Gasteiger partial charge in [0.2, 0.25) is 2.14 Å². The van der Waals surface area contributed by atoms with Crippen LogP contribution in [0.25, 0.3) is 0 Å². The van der Waals surface area contributed by atoms with Gasteiger partial charge in [0.15, 0.2) is 0 Å². The Balaban J connectivity index is 2.65. The van der Waals surface area contributed by atoms with Gasteiger partial charge in [-0.2, -0.15) is 0 Å². The van der Waals surface area contributed by atoms with Crippen LogP contribution < -0.4 is 0 Å². The molecule has 1 rings (SSSR count). The van der Waals surface area contributed by atoms with E-state index in [1.54, 1.807) is 0 Å². The van der Waals surface area contributed by atoms with Gasteiger partial charge in [-0.1, -0.05) is 0 Å². The second kappa shape index (κ2) is 4.28. The van der Waals surface area contributed by atoms with Gasteiger partial charge in [-0.05, 0) is 47.8 Å². The molecule has 5 nitrogen and oxygen atoms in total. The third-order valence-electron chi connectivity index (χ3n) is 1.41. The highest BCUT2D eigenvalue weighted by Crippen LogP contribution is 2.35. The summed E-state index contributed by atoms with van der Waals surface area (Å²) in [5.74, 6) is -1.86. The Morgan fingerprint density at radius 2 is 1.64 bits per heavy atom. The molecule has 14 heavy (non-hydrogen) atoms. The summed E-state index contributed by atoms with van der Waals surface area (Å²) in [7, 11) is 0. The number of halogens is 3. The number of imide groups is 1. The maximum atomic E-state index is 11.2. The first-order valence-electron chi connectivity index (χ1n) is 3.47. The number of hydrogen-bond acceptors (Lipinski definition) is 4. The van der Waals surface area contributed by atoms with Crippen molar-refractivity contribution in [3.8, 4) is 0 Å². The quantitative estimate of drug-likeness (QED) is 0.499. The van der Waals surface area contributed by atoms with E-state index < -0.39 is 19.9 Å². The highest BCUT2D eigenvalue weighted by atomic mass is 80.0. The Kier molecular flexibility index (Phi) is 3.70. The molecule has 0 radical (unpaired) electrons. The summed E-state index contributed by atoms with van der Waals surface area (Å²) in [6, 6.07) is 0. The standard InChI is InChI=1S/C6H4Br3NO4/c7-6(8,9)5(13)14-10-3(11)1-2-4(10)12/h1-2H2. The molecule has 0 atom stereocenters. The van der Waals surface area contributed by atoms with Crippen LogP contribution in [0.15, 0.2) is 0 Å². The Labute approximate surface area is 104 Å². The van der Waals surface area contributed by atoms with Crippen molar-refractivity contribution in [3.05, 3.63) is 0 Å². The van der Waals surface area contributed by atoms with Gasteiger partial charge in [0.05, 0.1) is 0 Å². The number of rotatable bonds is 1. The Hall–Kier alpha value is 0.0500. The first-order chi connectivity index (χ1) is 6.32. The minimum atomic E-state index is -1.28. The SMILES string of the molecule is O=C1CCC(=O)N1OC(=O)C(Br)(Br)Br. The van der Waals surface area contributed by atoms with Crippen molar-refractivity contribution in [2.75, 3.05) is 0 Å². The Bertz CT molecular complexity index is 282. The fourth-order valence-electron chi connectivity index (χ4n) is 0.793. The molecule has 0 bridgehead atoms. The summed E-state index contributed by atoms with van der Waals surface area (Å²) in [6.45, 7) is 0. The molecule has 0 unspecified atom stereocenters. The molecule has 0 aliphatic carbocycles. The molecule has 1 heterocycles. The number of hydrogen-bond donors (Lipinski definition) is 0. The summed E-state index contributed by atoms with van der Waals surface area (Å²) < 4.78 is -1.28. The summed E-state index contributed by atoms with van der Waals surface area (Å²) in [4.78, 5) is 37.8. The second-order valence-electron chi connectivity index (χ2n) is 2.46. The van der Waals surface area contributed by atoms with E-state index in [4.69, 9.17) is 0 Å². The molecular formula is C6H4Br3NO4. The molecule has 2 amide bonds. The fourth-order valence-corrected chi connectivity index (χ4v) is 1.01. The molecule has 0 spiro atoms. The molecule has 0 aromatic heterocycles. The van der Waals surface area contributed by atoms with Gasteiger partial charge in [0.1, 0.15) is 0 Å². The molecule has 0 saturated carbocycles. The van der Waals surface area contributed by atoms with Crippen LogP contribution in [-0.4, -0.2) is 25.0 Å². The zero-order valence-electron chi connectivity index (χ0n) is 6.63. The molecule has 1 aliphatic rings. The smallest absolute Gasteiger partial charge is 0.327 e. The predicted molar refractivity (Wildman–Crippen MR) is 56.7 cm³/mol. The van der Waals surface area contributed by atoms with E-state index >= 15 is 0 Å². The monoisotopic (exact) mass is 391 g/mol. The van der Waals surface area contributed by atoms with E-state index in [1.807, 2.05) is 0 Å². The molecule has 0 aromatic carbocycles. The first kappa shape index (κ1) is 12.1. The molecule has 1 fully saturated rings. The average Bonchev–Trinajstić information content (AvgIpc) is 2.34. The van der Waals surface area contributed by atoms with Crippen molar-refractivity contribution in [1.29, 1.82) is 0 Å². The first-order valence-corrected chi connectivity index (χ1v) is 5.85. The van der Waals surface area contributed by atoms with Crippen LogP contribution in [0.4, 0.5) is 0 Å². The van der Waals surface area contributed by atoms with Gasteiger partial charge in [-0.15, -0.1) is 5.06 Å². The number of carbonyl (C=O) groups excluding carboxylic acids is 3. The van der Waals surface area contributed by atoms with E-state index in [9.17, 15) is 14.4 Å². The van der Waals surface area contributed by atoms with E-state index in [0.29, 0.717) is 5.06 Å². The van der Waals surface area contributed by atoms with Crippen molar-refractivity contribution in [1.82, 2.24) is 5.06 Å². The summed E-state index contributed by atoms with van der Waals surface area (Å²) in [5, 5.41) is 0.473. The van der Waals surface area contributed by atoms with Crippen molar-refractivity contribution >= 4 is 65.6 Å². The Morgan fingerprint density at radius 1 is 1.21 bits per heavy atom. The van der Waals surface area contributed by atoms with Crippen molar-refractivity contribution in [3.63, 3.8) is 0 Å². The fraction of sp³-hybridized carbons (Fsp3) is 0.500. The van der Waals surface area contributed by atoms with Gasteiger partial charge < -0.3 is 4.84 Å². The minimum Gasteiger partial charge on any atom is -0.327 e. The highest BCUT2D eigenvalue weighted by Gasteiger charge is 2.38. The maximum Gasteiger partial charge on any atom is 0.371 e. The lowest BCUT2D eigenvalue weighted by atomic mass is 10.4. The normalized spacial score (nSPS) is 17.5. The molecule has 78 valence electrons. The van der Waals surface area contributed by atoms with Crippen LogP contribution >= 0.6 is 47.8 Å². The third kappa shape index (κ3) is 2.77. The van der Waals surface area contributed by atoms with Gasteiger partial charge in [-0.3, -0.25) is 9.59 Å². The largest absolute Gasteiger partial charge is 0.371 e. The molecule has 1 saturated heterocycles. The van der Waals surface area contributed by atoms with Crippen LogP contribution in [0, 0.1) is 0 Å². The topological polar surface area (TPSA) is 63.7 Å². The van der Waals surface area contributed by atoms with E-state index in [-0.39, 0.29) is 12.8 Å². The van der Waals surface area contributed by atoms with Gasteiger partial charge >= 0.3 is 5.97 Å². The minimum absolute atomic E-state index is 0.0754.